The van der Waals surface area contributed by atoms with Crippen LogP contribution in [-0.4, -0.2) is 16.1 Å². The van der Waals surface area contributed by atoms with Crippen molar-refractivity contribution in [2.75, 3.05) is 6.54 Å². The molecule has 3 heteroatoms. The van der Waals surface area contributed by atoms with Gasteiger partial charge in [-0.15, -0.1) is 0 Å². The van der Waals surface area contributed by atoms with Gasteiger partial charge in [-0.05, 0) is 22.9 Å². The first-order valence-corrected chi connectivity index (χ1v) is 7.47. The monoisotopic (exact) mass is 279 g/mol. The fourth-order valence-corrected chi connectivity index (χ4v) is 2.87. The molecule has 21 heavy (non-hydrogen) atoms. The molecule has 0 bridgehead atoms. The molecule has 0 aliphatic heterocycles. The van der Waals surface area contributed by atoms with E-state index in [2.05, 4.69) is 71.3 Å². The van der Waals surface area contributed by atoms with Gasteiger partial charge in [0.05, 0.1) is 0 Å². The zero-order chi connectivity index (χ0) is 14.7. The smallest absolute Gasteiger partial charge is 0.110 e. The number of benzene rings is 2. The molecule has 0 aliphatic carbocycles. The van der Waals surface area contributed by atoms with Crippen molar-refractivity contribution in [1.82, 2.24) is 14.9 Å². The Hall–Kier alpha value is -2.13. The minimum Gasteiger partial charge on any atom is -0.338 e. The molecule has 3 aromatic rings. The van der Waals surface area contributed by atoms with Gasteiger partial charge in [-0.25, -0.2) is 4.98 Å². The first-order valence-electron chi connectivity index (χ1n) is 7.47. The molecule has 0 amide bonds. The van der Waals surface area contributed by atoms with Crippen molar-refractivity contribution >= 4 is 10.8 Å². The van der Waals surface area contributed by atoms with E-state index in [9.17, 15) is 0 Å². The average Bonchev–Trinajstić information content (AvgIpc) is 2.91. The van der Waals surface area contributed by atoms with Crippen molar-refractivity contribution in [3.63, 3.8) is 0 Å². The summed E-state index contributed by atoms with van der Waals surface area (Å²) in [6.45, 7) is 3.09. The van der Waals surface area contributed by atoms with E-state index < -0.39 is 0 Å². The molecule has 3 rings (SSSR count). The van der Waals surface area contributed by atoms with E-state index in [-0.39, 0.29) is 6.04 Å². The number of fused-ring (bicyclic) bond motifs is 1. The molecule has 1 atom stereocenters. The van der Waals surface area contributed by atoms with Crippen molar-refractivity contribution < 1.29 is 0 Å². The third kappa shape index (κ3) is 2.83. The minimum absolute atomic E-state index is 0.280. The summed E-state index contributed by atoms with van der Waals surface area (Å²) in [5.74, 6) is 1.11. The lowest BCUT2D eigenvalue weighted by Crippen LogP contribution is -2.24. The number of likely N-dealkylation sites (N-methyl/N-ethyl adjacent to an activating group) is 1. The van der Waals surface area contributed by atoms with Crippen LogP contribution in [0.15, 0.2) is 54.9 Å². The van der Waals surface area contributed by atoms with Gasteiger partial charge >= 0.3 is 0 Å². The fourth-order valence-electron chi connectivity index (χ4n) is 2.87. The van der Waals surface area contributed by atoms with Crippen molar-refractivity contribution in [3.05, 3.63) is 66.2 Å². The van der Waals surface area contributed by atoms with Gasteiger partial charge in [0, 0.05) is 31.9 Å². The van der Waals surface area contributed by atoms with Crippen LogP contribution < -0.4 is 5.32 Å². The van der Waals surface area contributed by atoms with E-state index in [1.54, 1.807) is 0 Å². The van der Waals surface area contributed by atoms with Gasteiger partial charge in [-0.1, -0.05) is 49.4 Å². The summed E-state index contributed by atoms with van der Waals surface area (Å²) in [7, 11) is 2.05. The Bertz CT molecular complexity index is 725. The molecule has 0 aliphatic rings. The SMILES string of the molecule is CCNC(Cc1nccn1C)c1cccc2ccccc12. The van der Waals surface area contributed by atoms with Crippen LogP contribution in [0.4, 0.5) is 0 Å². The molecule has 1 N–H and O–H groups in total. The highest BCUT2D eigenvalue weighted by Gasteiger charge is 2.15. The Morgan fingerprint density at radius 3 is 2.71 bits per heavy atom. The lowest BCUT2D eigenvalue weighted by atomic mass is 9.96. The second kappa shape index (κ2) is 6.10. The maximum atomic E-state index is 4.47. The molecule has 0 spiro atoms. The van der Waals surface area contributed by atoms with Crippen LogP contribution in [-0.2, 0) is 13.5 Å². The number of rotatable bonds is 5. The van der Waals surface area contributed by atoms with E-state index in [0.29, 0.717) is 0 Å². The van der Waals surface area contributed by atoms with E-state index in [1.807, 2.05) is 12.4 Å². The van der Waals surface area contributed by atoms with Gasteiger partial charge in [-0.2, -0.15) is 0 Å². The average molecular weight is 279 g/mol. The van der Waals surface area contributed by atoms with Crippen molar-refractivity contribution in [2.45, 2.75) is 19.4 Å². The third-order valence-corrected chi connectivity index (χ3v) is 3.96. The summed E-state index contributed by atoms with van der Waals surface area (Å²) in [5, 5.41) is 6.21. The highest BCUT2D eigenvalue weighted by atomic mass is 15.0. The van der Waals surface area contributed by atoms with E-state index in [4.69, 9.17) is 0 Å². The Balaban J connectivity index is 2.01. The van der Waals surface area contributed by atoms with Crippen molar-refractivity contribution in [3.8, 4) is 0 Å². The first kappa shape index (κ1) is 13.8. The van der Waals surface area contributed by atoms with Crippen LogP contribution in [0.1, 0.15) is 24.4 Å². The molecule has 1 heterocycles. The van der Waals surface area contributed by atoms with E-state index >= 15 is 0 Å². The van der Waals surface area contributed by atoms with Crippen LogP contribution >= 0.6 is 0 Å². The number of aromatic nitrogens is 2. The standard InChI is InChI=1S/C18H21N3/c1-3-19-17(13-18-20-11-12-21(18)2)16-10-6-8-14-7-4-5-9-15(14)16/h4-12,17,19H,3,13H2,1-2H3. The molecular weight excluding hydrogens is 258 g/mol. The molecule has 2 aromatic carbocycles. The number of hydrogen-bond donors (Lipinski definition) is 1. The molecule has 3 nitrogen and oxygen atoms in total. The van der Waals surface area contributed by atoms with Gasteiger partial charge in [0.2, 0.25) is 0 Å². The van der Waals surface area contributed by atoms with Gasteiger partial charge in [0.25, 0.3) is 0 Å². The number of nitrogens with zero attached hydrogens (tertiary/aromatic N) is 2. The molecule has 108 valence electrons. The highest BCUT2D eigenvalue weighted by molar-refractivity contribution is 5.86. The van der Waals surface area contributed by atoms with Crippen LogP contribution in [0.25, 0.3) is 10.8 Å². The normalized spacial score (nSPS) is 12.7. The number of imidazole rings is 1. The van der Waals surface area contributed by atoms with E-state index in [1.165, 1.54) is 16.3 Å². The Labute approximate surface area is 125 Å². The van der Waals surface area contributed by atoms with Crippen LogP contribution in [0.2, 0.25) is 0 Å². The predicted octanol–water partition coefficient (Wildman–Crippen LogP) is 3.47. The molecular formula is C18H21N3. The first-order chi connectivity index (χ1) is 10.3. The number of aryl methyl sites for hydroxylation is 1. The summed E-state index contributed by atoms with van der Waals surface area (Å²) >= 11 is 0. The zero-order valence-corrected chi connectivity index (χ0v) is 12.6. The summed E-state index contributed by atoms with van der Waals surface area (Å²) in [6.07, 6.45) is 4.76. The van der Waals surface area contributed by atoms with Gasteiger partial charge in [0.1, 0.15) is 5.82 Å². The molecule has 0 fully saturated rings. The largest absolute Gasteiger partial charge is 0.338 e. The zero-order valence-electron chi connectivity index (χ0n) is 12.6. The summed E-state index contributed by atoms with van der Waals surface area (Å²) in [6, 6.07) is 15.4. The molecule has 1 aromatic heterocycles. The Kier molecular flexibility index (Phi) is 4.02. The second-order valence-corrected chi connectivity index (χ2v) is 5.34. The quantitative estimate of drug-likeness (QED) is 0.775. The third-order valence-electron chi connectivity index (χ3n) is 3.96. The number of hydrogen-bond acceptors (Lipinski definition) is 2. The summed E-state index contributed by atoms with van der Waals surface area (Å²) in [4.78, 5) is 4.47. The molecule has 0 saturated heterocycles. The fraction of sp³-hybridized carbons (Fsp3) is 0.278. The van der Waals surface area contributed by atoms with E-state index in [0.717, 1.165) is 18.8 Å². The van der Waals surface area contributed by atoms with Gasteiger partial charge < -0.3 is 9.88 Å². The summed E-state index contributed by atoms with van der Waals surface area (Å²) in [5.41, 5.74) is 1.35. The minimum atomic E-state index is 0.280. The van der Waals surface area contributed by atoms with Gasteiger partial charge in [-0.3, -0.25) is 0 Å². The lowest BCUT2D eigenvalue weighted by Gasteiger charge is -2.20. The second-order valence-electron chi connectivity index (χ2n) is 5.34. The van der Waals surface area contributed by atoms with Crippen LogP contribution in [0, 0.1) is 0 Å². The van der Waals surface area contributed by atoms with Crippen LogP contribution in [0.3, 0.4) is 0 Å². The highest BCUT2D eigenvalue weighted by Crippen LogP contribution is 2.26. The Morgan fingerprint density at radius 2 is 1.95 bits per heavy atom. The molecule has 0 radical (unpaired) electrons. The summed E-state index contributed by atoms with van der Waals surface area (Å²) < 4.78 is 2.09. The molecule has 0 saturated carbocycles. The Morgan fingerprint density at radius 1 is 1.14 bits per heavy atom. The van der Waals surface area contributed by atoms with Crippen molar-refractivity contribution in [2.24, 2.45) is 7.05 Å². The predicted molar refractivity (Wildman–Crippen MR) is 87.3 cm³/mol. The van der Waals surface area contributed by atoms with Crippen LogP contribution in [0.5, 0.6) is 0 Å². The number of nitrogens with one attached hydrogen (secondary N) is 1. The lowest BCUT2D eigenvalue weighted by molar-refractivity contribution is 0.532. The maximum Gasteiger partial charge on any atom is 0.110 e. The van der Waals surface area contributed by atoms with Gasteiger partial charge in [0.15, 0.2) is 0 Å². The topological polar surface area (TPSA) is 29.9 Å². The molecule has 1 unspecified atom stereocenters. The van der Waals surface area contributed by atoms with Crippen molar-refractivity contribution in [1.29, 1.82) is 0 Å². The maximum absolute atomic E-state index is 4.47.